The van der Waals surface area contributed by atoms with Gasteiger partial charge < -0.3 is 5.32 Å². The first-order valence-electron chi connectivity index (χ1n) is 5.81. The van der Waals surface area contributed by atoms with Crippen LogP contribution in [-0.4, -0.2) is 0 Å². The molecule has 0 aliphatic rings. The van der Waals surface area contributed by atoms with Gasteiger partial charge >= 0.3 is 0 Å². The molecule has 0 radical (unpaired) electrons. The van der Waals surface area contributed by atoms with Gasteiger partial charge in [-0.2, -0.15) is 0 Å². The predicted octanol–water partition coefficient (Wildman–Crippen LogP) is 4.82. The first kappa shape index (κ1) is 13.1. The van der Waals surface area contributed by atoms with Crippen molar-refractivity contribution < 1.29 is 4.39 Å². The zero-order chi connectivity index (χ0) is 13.1. The van der Waals surface area contributed by atoms with Crippen molar-refractivity contribution in [1.29, 1.82) is 0 Å². The van der Waals surface area contributed by atoms with Crippen LogP contribution in [0.3, 0.4) is 0 Å². The van der Waals surface area contributed by atoms with E-state index in [2.05, 4.69) is 27.3 Å². The molecule has 0 unspecified atom stereocenters. The van der Waals surface area contributed by atoms with Crippen molar-refractivity contribution in [3.63, 3.8) is 0 Å². The average molecular weight is 308 g/mol. The van der Waals surface area contributed by atoms with Gasteiger partial charge in [-0.3, -0.25) is 0 Å². The van der Waals surface area contributed by atoms with Gasteiger partial charge in [0.1, 0.15) is 5.82 Å². The second-order valence-corrected chi connectivity index (χ2v) is 5.26. The Morgan fingerprint density at radius 3 is 2.67 bits per heavy atom. The monoisotopic (exact) mass is 307 g/mol. The van der Waals surface area contributed by atoms with Gasteiger partial charge in [-0.1, -0.05) is 12.1 Å². The highest BCUT2D eigenvalue weighted by atomic mass is 79.9. The van der Waals surface area contributed by atoms with Crippen molar-refractivity contribution in [2.75, 3.05) is 5.32 Å². The van der Waals surface area contributed by atoms with Crippen molar-refractivity contribution >= 4 is 21.6 Å². The van der Waals surface area contributed by atoms with Gasteiger partial charge in [0.05, 0.1) is 0 Å². The molecule has 1 nitrogen and oxygen atoms in total. The molecule has 94 valence electrons. The molecular formula is C15H15BrFN. The number of hydrogen-bond donors (Lipinski definition) is 1. The van der Waals surface area contributed by atoms with E-state index in [1.165, 1.54) is 11.6 Å². The predicted molar refractivity (Wildman–Crippen MR) is 77.3 cm³/mol. The molecule has 3 heteroatoms. The number of hydrogen-bond acceptors (Lipinski definition) is 1. The van der Waals surface area contributed by atoms with E-state index in [4.69, 9.17) is 0 Å². The Morgan fingerprint density at radius 2 is 1.89 bits per heavy atom. The Kier molecular flexibility index (Phi) is 4.02. The fraction of sp³-hybridized carbons (Fsp3) is 0.200. The van der Waals surface area contributed by atoms with E-state index >= 15 is 0 Å². The fourth-order valence-corrected chi connectivity index (χ4v) is 2.18. The average Bonchev–Trinajstić information content (AvgIpc) is 2.34. The van der Waals surface area contributed by atoms with Gasteiger partial charge in [0.2, 0.25) is 0 Å². The minimum Gasteiger partial charge on any atom is -0.380 e. The minimum absolute atomic E-state index is 0.194. The van der Waals surface area contributed by atoms with Gasteiger partial charge in [0.15, 0.2) is 0 Å². The topological polar surface area (TPSA) is 12.0 Å². The summed E-state index contributed by atoms with van der Waals surface area (Å²) >= 11 is 3.50. The van der Waals surface area contributed by atoms with Crippen LogP contribution in [-0.2, 0) is 6.54 Å². The highest BCUT2D eigenvalue weighted by Crippen LogP contribution is 2.24. The van der Waals surface area contributed by atoms with Crippen LogP contribution in [0.25, 0.3) is 0 Å². The second kappa shape index (κ2) is 5.53. The third kappa shape index (κ3) is 3.10. The number of anilines is 1. The maximum atomic E-state index is 13.2. The quantitative estimate of drug-likeness (QED) is 0.857. The molecule has 0 aromatic heterocycles. The standard InChI is InChI=1S/C15H15BrFN/c1-10-3-6-14(16)15(7-10)18-9-12-8-13(17)5-4-11(12)2/h3-8,18H,9H2,1-2H3. The number of nitrogens with one attached hydrogen (secondary N) is 1. The number of rotatable bonds is 3. The van der Waals surface area contributed by atoms with Crippen LogP contribution in [0.2, 0.25) is 0 Å². The summed E-state index contributed by atoms with van der Waals surface area (Å²) in [6.07, 6.45) is 0. The summed E-state index contributed by atoms with van der Waals surface area (Å²) in [7, 11) is 0. The summed E-state index contributed by atoms with van der Waals surface area (Å²) in [5, 5.41) is 3.32. The molecular weight excluding hydrogens is 293 g/mol. The third-order valence-electron chi connectivity index (χ3n) is 2.90. The number of halogens is 2. The van der Waals surface area contributed by atoms with Crippen LogP contribution in [0.15, 0.2) is 40.9 Å². The van der Waals surface area contributed by atoms with Gasteiger partial charge in [-0.15, -0.1) is 0 Å². The Labute approximate surface area is 115 Å². The smallest absolute Gasteiger partial charge is 0.123 e. The molecule has 0 fully saturated rings. The minimum atomic E-state index is -0.194. The molecule has 0 amide bonds. The lowest BCUT2D eigenvalue weighted by Crippen LogP contribution is -2.02. The normalized spacial score (nSPS) is 10.4. The molecule has 2 aromatic rings. The van der Waals surface area contributed by atoms with Crippen molar-refractivity contribution in [3.05, 3.63) is 63.4 Å². The first-order valence-corrected chi connectivity index (χ1v) is 6.60. The van der Waals surface area contributed by atoms with Gasteiger partial charge in [-0.25, -0.2) is 4.39 Å². The van der Waals surface area contributed by atoms with E-state index in [0.717, 1.165) is 21.3 Å². The lowest BCUT2D eigenvalue weighted by atomic mass is 10.1. The van der Waals surface area contributed by atoms with Crippen LogP contribution in [0.5, 0.6) is 0 Å². The molecule has 0 aliphatic carbocycles. The largest absolute Gasteiger partial charge is 0.380 e. The zero-order valence-electron chi connectivity index (χ0n) is 10.4. The van der Waals surface area contributed by atoms with Crippen LogP contribution in [0.1, 0.15) is 16.7 Å². The molecule has 1 N–H and O–H groups in total. The summed E-state index contributed by atoms with van der Waals surface area (Å²) in [4.78, 5) is 0. The lowest BCUT2D eigenvalue weighted by Gasteiger charge is -2.11. The summed E-state index contributed by atoms with van der Waals surface area (Å²) in [6.45, 7) is 4.65. The third-order valence-corrected chi connectivity index (χ3v) is 3.59. The summed E-state index contributed by atoms with van der Waals surface area (Å²) in [5.74, 6) is -0.194. The van der Waals surface area contributed by atoms with Gasteiger partial charge in [-0.05, 0) is 70.7 Å². The summed E-state index contributed by atoms with van der Waals surface area (Å²) in [6, 6.07) is 11.0. The molecule has 0 bridgehead atoms. The Balaban J connectivity index is 2.16. The van der Waals surface area contributed by atoms with E-state index in [0.29, 0.717) is 6.54 Å². The van der Waals surface area contributed by atoms with E-state index < -0.39 is 0 Å². The Morgan fingerprint density at radius 1 is 1.11 bits per heavy atom. The van der Waals surface area contributed by atoms with Crippen LogP contribution < -0.4 is 5.32 Å². The Hall–Kier alpha value is -1.35. The molecule has 0 saturated carbocycles. The Bertz CT molecular complexity index is 515. The second-order valence-electron chi connectivity index (χ2n) is 4.41. The number of aryl methyl sites for hydroxylation is 2. The highest BCUT2D eigenvalue weighted by molar-refractivity contribution is 9.10. The summed E-state index contributed by atoms with van der Waals surface area (Å²) < 4.78 is 14.2. The first-order chi connectivity index (χ1) is 8.56. The van der Waals surface area contributed by atoms with E-state index in [-0.39, 0.29) is 5.82 Å². The molecule has 0 aliphatic heterocycles. The molecule has 0 saturated heterocycles. The van der Waals surface area contributed by atoms with E-state index in [9.17, 15) is 4.39 Å². The van der Waals surface area contributed by atoms with Crippen molar-refractivity contribution in [2.24, 2.45) is 0 Å². The van der Waals surface area contributed by atoms with Crippen molar-refractivity contribution in [3.8, 4) is 0 Å². The molecule has 0 heterocycles. The van der Waals surface area contributed by atoms with Crippen molar-refractivity contribution in [1.82, 2.24) is 0 Å². The van der Waals surface area contributed by atoms with Crippen molar-refractivity contribution in [2.45, 2.75) is 20.4 Å². The maximum Gasteiger partial charge on any atom is 0.123 e. The SMILES string of the molecule is Cc1ccc(Br)c(NCc2cc(F)ccc2C)c1. The van der Waals surface area contributed by atoms with Crippen LogP contribution in [0.4, 0.5) is 10.1 Å². The maximum absolute atomic E-state index is 13.2. The zero-order valence-corrected chi connectivity index (χ0v) is 12.0. The number of benzene rings is 2. The van der Waals surface area contributed by atoms with Gasteiger partial charge in [0, 0.05) is 16.7 Å². The van der Waals surface area contributed by atoms with E-state index in [1.807, 2.05) is 26.0 Å². The molecule has 0 spiro atoms. The summed E-state index contributed by atoms with van der Waals surface area (Å²) in [5.41, 5.74) is 4.28. The van der Waals surface area contributed by atoms with Crippen LogP contribution in [0, 0.1) is 19.7 Å². The molecule has 2 aromatic carbocycles. The fourth-order valence-electron chi connectivity index (χ4n) is 1.80. The highest BCUT2D eigenvalue weighted by Gasteiger charge is 2.03. The van der Waals surface area contributed by atoms with E-state index in [1.54, 1.807) is 12.1 Å². The molecule has 18 heavy (non-hydrogen) atoms. The molecule has 0 atom stereocenters. The molecule has 2 rings (SSSR count). The van der Waals surface area contributed by atoms with Gasteiger partial charge in [0.25, 0.3) is 0 Å². The lowest BCUT2D eigenvalue weighted by molar-refractivity contribution is 0.625. The van der Waals surface area contributed by atoms with Crippen LogP contribution >= 0.6 is 15.9 Å².